The third-order valence-electron chi connectivity index (χ3n) is 3.26. The van der Waals surface area contributed by atoms with Crippen LogP contribution in [0.2, 0.25) is 0 Å². The molecule has 2 unspecified atom stereocenters. The number of methoxy groups -OCH3 is 1. The molecular formula is C13H24N2O3. The molecule has 0 aliphatic carbocycles. The van der Waals surface area contributed by atoms with Gasteiger partial charge in [-0.15, -0.1) is 0 Å². The summed E-state index contributed by atoms with van der Waals surface area (Å²) in [6.07, 6.45) is 0.738. The molecule has 1 saturated heterocycles. The summed E-state index contributed by atoms with van der Waals surface area (Å²) >= 11 is 0. The minimum atomic E-state index is -0.411. The first-order valence-electron chi connectivity index (χ1n) is 6.37. The van der Waals surface area contributed by atoms with Crippen molar-refractivity contribution in [1.29, 1.82) is 0 Å². The molecule has 0 aromatic rings. The average Bonchev–Trinajstić information content (AvgIpc) is 2.27. The van der Waals surface area contributed by atoms with E-state index >= 15 is 0 Å². The van der Waals surface area contributed by atoms with Crippen LogP contribution in [0, 0.1) is 5.41 Å². The molecule has 1 aliphatic heterocycles. The molecule has 0 saturated carbocycles. The summed E-state index contributed by atoms with van der Waals surface area (Å²) in [6.45, 7) is 8.59. The predicted octanol–water partition coefficient (Wildman–Crippen LogP) is 0.785. The Bertz CT molecular complexity index is 323. The second kappa shape index (κ2) is 5.69. The van der Waals surface area contributed by atoms with E-state index in [4.69, 9.17) is 4.74 Å². The molecule has 0 aromatic carbocycles. The zero-order chi connectivity index (χ0) is 13.9. The van der Waals surface area contributed by atoms with E-state index in [2.05, 4.69) is 5.32 Å². The molecule has 5 nitrogen and oxygen atoms in total. The average molecular weight is 256 g/mol. The highest BCUT2D eigenvalue weighted by Crippen LogP contribution is 2.28. The van der Waals surface area contributed by atoms with Crippen LogP contribution in [-0.4, -0.2) is 49.1 Å². The van der Waals surface area contributed by atoms with E-state index in [1.165, 1.54) is 0 Å². The quantitative estimate of drug-likeness (QED) is 0.809. The van der Waals surface area contributed by atoms with Gasteiger partial charge in [0.25, 0.3) is 0 Å². The molecule has 0 aromatic heterocycles. The molecule has 1 rings (SSSR count). The zero-order valence-corrected chi connectivity index (χ0v) is 11.9. The molecule has 1 aliphatic rings. The van der Waals surface area contributed by atoms with Gasteiger partial charge in [-0.2, -0.15) is 0 Å². The Morgan fingerprint density at radius 1 is 1.44 bits per heavy atom. The Balaban J connectivity index is 2.93. The molecule has 0 spiro atoms. The molecular weight excluding hydrogens is 232 g/mol. The summed E-state index contributed by atoms with van der Waals surface area (Å²) in [7, 11) is 1.64. The maximum Gasteiger partial charge on any atom is 0.243 e. The Morgan fingerprint density at radius 3 is 2.56 bits per heavy atom. The predicted molar refractivity (Wildman–Crippen MR) is 69.1 cm³/mol. The van der Waals surface area contributed by atoms with Gasteiger partial charge in [0.15, 0.2) is 0 Å². The highest BCUT2D eigenvalue weighted by Gasteiger charge is 2.43. The standard InChI is InChI=1S/C13H24N2O3/c1-9(6-7-18-5)15-10(16)8-14-12(17)11(15)13(2,3)4/h9,11H,6-8H2,1-5H3,(H,14,17). The van der Waals surface area contributed by atoms with Crippen molar-refractivity contribution in [2.75, 3.05) is 20.3 Å². The number of ether oxygens (including phenoxy) is 1. The van der Waals surface area contributed by atoms with Crippen LogP contribution in [-0.2, 0) is 14.3 Å². The summed E-state index contributed by atoms with van der Waals surface area (Å²) in [6, 6.07) is -0.404. The minimum absolute atomic E-state index is 0.00715. The van der Waals surface area contributed by atoms with Crippen molar-refractivity contribution in [1.82, 2.24) is 10.2 Å². The van der Waals surface area contributed by atoms with Crippen molar-refractivity contribution in [3.8, 4) is 0 Å². The lowest BCUT2D eigenvalue weighted by Crippen LogP contribution is -2.65. The maximum atomic E-state index is 12.1. The van der Waals surface area contributed by atoms with Crippen molar-refractivity contribution < 1.29 is 14.3 Å². The normalized spacial score (nSPS) is 22.9. The van der Waals surface area contributed by atoms with Crippen LogP contribution in [0.3, 0.4) is 0 Å². The largest absolute Gasteiger partial charge is 0.385 e. The van der Waals surface area contributed by atoms with Gasteiger partial charge < -0.3 is 15.0 Å². The van der Waals surface area contributed by atoms with Crippen LogP contribution in [0.4, 0.5) is 0 Å². The molecule has 0 radical (unpaired) electrons. The Morgan fingerprint density at radius 2 is 2.06 bits per heavy atom. The molecule has 0 bridgehead atoms. The molecule has 104 valence electrons. The van der Waals surface area contributed by atoms with E-state index in [1.54, 1.807) is 12.0 Å². The van der Waals surface area contributed by atoms with E-state index in [-0.39, 0.29) is 29.8 Å². The first kappa shape index (κ1) is 15.0. The molecule has 2 atom stereocenters. The summed E-state index contributed by atoms with van der Waals surface area (Å²) in [5.41, 5.74) is -0.276. The number of hydrogen-bond donors (Lipinski definition) is 1. The first-order valence-corrected chi connectivity index (χ1v) is 6.37. The highest BCUT2D eigenvalue weighted by atomic mass is 16.5. The molecule has 1 fully saturated rings. The molecule has 1 heterocycles. The van der Waals surface area contributed by atoms with Crippen molar-refractivity contribution in [2.45, 2.75) is 46.2 Å². The Kier molecular flexibility index (Phi) is 4.73. The summed E-state index contributed by atoms with van der Waals surface area (Å²) in [5, 5.41) is 2.67. The van der Waals surface area contributed by atoms with E-state index < -0.39 is 6.04 Å². The van der Waals surface area contributed by atoms with E-state index in [1.807, 2.05) is 27.7 Å². The number of carbonyl (C=O) groups excluding carboxylic acids is 2. The minimum Gasteiger partial charge on any atom is -0.385 e. The zero-order valence-electron chi connectivity index (χ0n) is 11.9. The van der Waals surface area contributed by atoms with Crippen LogP contribution in [0.1, 0.15) is 34.1 Å². The topological polar surface area (TPSA) is 58.6 Å². The maximum absolute atomic E-state index is 12.1. The number of nitrogens with zero attached hydrogens (tertiary/aromatic N) is 1. The lowest BCUT2D eigenvalue weighted by Gasteiger charge is -2.45. The van der Waals surface area contributed by atoms with E-state index in [9.17, 15) is 9.59 Å². The second-order valence-electron chi connectivity index (χ2n) is 5.92. The van der Waals surface area contributed by atoms with Gasteiger partial charge in [0.05, 0.1) is 6.54 Å². The lowest BCUT2D eigenvalue weighted by molar-refractivity contribution is -0.153. The van der Waals surface area contributed by atoms with Crippen LogP contribution in [0.25, 0.3) is 0 Å². The van der Waals surface area contributed by atoms with Gasteiger partial charge in [0.2, 0.25) is 11.8 Å². The molecule has 1 N–H and O–H groups in total. The van der Waals surface area contributed by atoms with Gasteiger partial charge in [-0.1, -0.05) is 20.8 Å². The van der Waals surface area contributed by atoms with Crippen LogP contribution >= 0.6 is 0 Å². The fourth-order valence-electron chi connectivity index (χ4n) is 2.36. The summed E-state index contributed by atoms with van der Waals surface area (Å²) in [4.78, 5) is 25.8. The number of hydrogen-bond acceptors (Lipinski definition) is 3. The van der Waals surface area contributed by atoms with Crippen LogP contribution in [0.5, 0.6) is 0 Å². The smallest absolute Gasteiger partial charge is 0.243 e. The Labute approximate surface area is 109 Å². The van der Waals surface area contributed by atoms with Crippen molar-refractivity contribution in [3.05, 3.63) is 0 Å². The van der Waals surface area contributed by atoms with Crippen molar-refractivity contribution in [3.63, 3.8) is 0 Å². The summed E-state index contributed by atoms with van der Waals surface area (Å²) < 4.78 is 5.05. The molecule has 18 heavy (non-hydrogen) atoms. The number of nitrogens with one attached hydrogen (secondary N) is 1. The van der Waals surface area contributed by atoms with Crippen molar-refractivity contribution >= 4 is 11.8 Å². The van der Waals surface area contributed by atoms with Gasteiger partial charge >= 0.3 is 0 Å². The van der Waals surface area contributed by atoms with Gasteiger partial charge in [-0.3, -0.25) is 9.59 Å². The van der Waals surface area contributed by atoms with E-state index in [0.29, 0.717) is 6.61 Å². The Hall–Kier alpha value is -1.10. The molecule has 2 amide bonds. The first-order chi connectivity index (χ1) is 8.29. The van der Waals surface area contributed by atoms with Gasteiger partial charge in [0, 0.05) is 19.8 Å². The third kappa shape index (κ3) is 3.22. The number of amides is 2. The number of piperazine rings is 1. The van der Waals surface area contributed by atoms with Crippen molar-refractivity contribution in [2.24, 2.45) is 5.41 Å². The second-order valence-corrected chi connectivity index (χ2v) is 5.92. The monoisotopic (exact) mass is 256 g/mol. The van der Waals surface area contributed by atoms with Crippen LogP contribution < -0.4 is 5.32 Å². The van der Waals surface area contributed by atoms with Gasteiger partial charge in [0.1, 0.15) is 6.04 Å². The van der Waals surface area contributed by atoms with Gasteiger partial charge in [-0.25, -0.2) is 0 Å². The SMILES string of the molecule is COCCC(C)N1C(=O)CNC(=O)C1C(C)(C)C. The fourth-order valence-corrected chi connectivity index (χ4v) is 2.36. The van der Waals surface area contributed by atoms with Crippen LogP contribution in [0.15, 0.2) is 0 Å². The lowest BCUT2D eigenvalue weighted by atomic mass is 9.83. The number of carbonyl (C=O) groups is 2. The van der Waals surface area contributed by atoms with Gasteiger partial charge in [-0.05, 0) is 18.8 Å². The molecule has 5 heteroatoms. The third-order valence-corrected chi connectivity index (χ3v) is 3.26. The van der Waals surface area contributed by atoms with E-state index in [0.717, 1.165) is 6.42 Å². The highest BCUT2D eigenvalue weighted by molar-refractivity contribution is 5.95. The fraction of sp³-hybridized carbons (Fsp3) is 0.846. The number of rotatable bonds is 4. The summed E-state index contributed by atoms with van der Waals surface area (Å²) in [5.74, 6) is -0.0792.